The van der Waals surface area contributed by atoms with Crippen LogP contribution in [0.5, 0.6) is 0 Å². The van der Waals surface area contributed by atoms with Gasteiger partial charge in [-0.2, -0.15) is 0 Å². The molecule has 1 aromatic heterocycles. The third-order valence-electron chi connectivity index (χ3n) is 3.11. The molecule has 0 aliphatic heterocycles. The fourth-order valence-corrected chi connectivity index (χ4v) is 3.68. The van der Waals surface area contributed by atoms with E-state index in [0.29, 0.717) is 13.0 Å². The van der Waals surface area contributed by atoms with Gasteiger partial charge in [0.1, 0.15) is 5.54 Å². The lowest BCUT2D eigenvalue weighted by molar-refractivity contribution is -0.144. The number of likely N-dealkylation sites (N-methyl/N-ethyl adjacent to an activating group) is 1. The fraction of sp³-hybridized carbons (Fsp3) is 0.769. The highest BCUT2D eigenvalue weighted by Crippen LogP contribution is 2.27. The molecule has 8 heteroatoms. The van der Waals surface area contributed by atoms with Gasteiger partial charge in [-0.3, -0.25) is 4.79 Å². The molecule has 21 heavy (non-hydrogen) atoms. The SMILES string of the molecule is CCNC(C)(CCCCSc1nnc(N(C)C)s1)C(=O)O. The number of unbranched alkanes of at least 4 members (excludes halogenated alkanes) is 1. The first-order valence-electron chi connectivity index (χ1n) is 7.01. The smallest absolute Gasteiger partial charge is 0.323 e. The second-order valence-electron chi connectivity index (χ2n) is 5.22. The minimum absolute atomic E-state index is 0.635. The second-order valence-corrected chi connectivity index (χ2v) is 7.52. The molecule has 0 fully saturated rings. The predicted molar refractivity (Wildman–Crippen MR) is 88.5 cm³/mol. The number of carboxylic acids is 1. The molecule has 120 valence electrons. The number of aliphatic carboxylic acids is 1. The van der Waals surface area contributed by atoms with Gasteiger partial charge in [0.2, 0.25) is 5.13 Å². The summed E-state index contributed by atoms with van der Waals surface area (Å²) in [4.78, 5) is 13.2. The van der Waals surface area contributed by atoms with E-state index in [1.54, 1.807) is 30.0 Å². The Kier molecular flexibility index (Phi) is 7.41. The molecule has 1 atom stereocenters. The largest absolute Gasteiger partial charge is 0.480 e. The van der Waals surface area contributed by atoms with Crippen LogP contribution >= 0.6 is 23.1 Å². The van der Waals surface area contributed by atoms with E-state index >= 15 is 0 Å². The standard InChI is InChI=1S/C13H24N4O2S2/c1-5-14-13(2,10(18)19)8-6-7-9-20-12-16-15-11(21-12)17(3)4/h14H,5-9H2,1-4H3,(H,18,19). The molecule has 0 aliphatic carbocycles. The molecular weight excluding hydrogens is 308 g/mol. The highest BCUT2D eigenvalue weighted by molar-refractivity contribution is 8.01. The number of aromatic nitrogens is 2. The van der Waals surface area contributed by atoms with E-state index in [2.05, 4.69) is 15.5 Å². The Morgan fingerprint density at radius 1 is 1.43 bits per heavy atom. The Morgan fingerprint density at radius 2 is 2.14 bits per heavy atom. The van der Waals surface area contributed by atoms with Gasteiger partial charge in [0.25, 0.3) is 0 Å². The third kappa shape index (κ3) is 5.80. The van der Waals surface area contributed by atoms with Gasteiger partial charge >= 0.3 is 5.97 Å². The fourth-order valence-electron chi connectivity index (χ4n) is 1.84. The Bertz CT molecular complexity index is 453. The molecule has 6 nitrogen and oxygen atoms in total. The minimum atomic E-state index is -0.819. The van der Waals surface area contributed by atoms with Crippen molar-refractivity contribution in [3.8, 4) is 0 Å². The summed E-state index contributed by atoms with van der Waals surface area (Å²) >= 11 is 3.26. The van der Waals surface area contributed by atoms with E-state index in [9.17, 15) is 9.90 Å². The van der Waals surface area contributed by atoms with E-state index in [0.717, 1.165) is 28.1 Å². The molecule has 0 spiro atoms. The molecule has 0 radical (unpaired) electrons. The lowest BCUT2D eigenvalue weighted by Crippen LogP contribution is -2.49. The summed E-state index contributed by atoms with van der Waals surface area (Å²) < 4.78 is 0.964. The van der Waals surface area contributed by atoms with Gasteiger partial charge in [0.15, 0.2) is 4.34 Å². The highest BCUT2D eigenvalue weighted by atomic mass is 32.2. The van der Waals surface area contributed by atoms with E-state index in [-0.39, 0.29) is 0 Å². The van der Waals surface area contributed by atoms with Crippen LogP contribution in [0, 0.1) is 0 Å². The van der Waals surface area contributed by atoms with Gasteiger partial charge in [0.05, 0.1) is 0 Å². The monoisotopic (exact) mass is 332 g/mol. The third-order valence-corrected chi connectivity index (χ3v) is 5.42. The first-order chi connectivity index (χ1) is 9.89. The van der Waals surface area contributed by atoms with Crippen molar-refractivity contribution in [3.63, 3.8) is 0 Å². The van der Waals surface area contributed by atoms with Crippen molar-refractivity contribution in [1.29, 1.82) is 0 Å². The molecule has 1 rings (SSSR count). The first-order valence-corrected chi connectivity index (χ1v) is 8.81. The summed E-state index contributed by atoms with van der Waals surface area (Å²) in [7, 11) is 3.89. The predicted octanol–water partition coefficient (Wildman–Crippen LogP) is 2.32. The number of nitrogens with one attached hydrogen (secondary N) is 1. The highest BCUT2D eigenvalue weighted by Gasteiger charge is 2.30. The summed E-state index contributed by atoms with van der Waals surface area (Å²) in [6.45, 7) is 4.34. The van der Waals surface area contributed by atoms with Crippen molar-refractivity contribution in [2.45, 2.75) is 43.0 Å². The zero-order valence-corrected chi connectivity index (χ0v) is 14.7. The van der Waals surface area contributed by atoms with Gasteiger partial charge in [0, 0.05) is 19.8 Å². The lowest BCUT2D eigenvalue weighted by Gasteiger charge is -2.25. The van der Waals surface area contributed by atoms with Gasteiger partial charge in [-0.25, -0.2) is 0 Å². The molecule has 2 N–H and O–H groups in total. The topological polar surface area (TPSA) is 78.4 Å². The van der Waals surface area contributed by atoms with Crippen LogP contribution in [0.15, 0.2) is 4.34 Å². The molecule has 1 aromatic rings. The van der Waals surface area contributed by atoms with E-state index in [4.69, 9.17) is 0 Å². The van der Waals surface area contributed by atoms with Crippen LogP contribution in [-0.4, -0.2) is 53.2 Å². The first kappa shape index (κ1) is 18.2. The van der Waals surface area contributed by atoms with Crippen molar-refractivity contribution >= 4 is 34.2 Å². The van der Waals surface area contributed by atoms with E-state index in [1.165, 1.54) is 0 Å². The summed E-state index contributed by atoms with van der Waals surface area (Å²) in [5, 5.41) is 21.4. The number of hydrogen-bond acceptors (Lipinski definition) is 7. The van der Waals surface area contributed by atoms with Gasteiger partial charge in [-0.15, -0.1) is 10.2 Å². The van der Waals surface area contributed by atoms with Crippen LogP contribution < -0.4 is 10.2 Å². The van der Waals surface area contributed by atoms with Crippen LogP contribution in [0.25, 0.3) is 0 Å². The van der Waals surface area contributed by atoms with Crippen molar-refractivity contribution in [2.75, 3.05) is 31.3 Å². The average molecular weight is 332 g/mol. The zero-order valence-electron chi connectivity index (χ0n) is 13.0. The summed E-state index contributed by atoms with van der Waals surface area (Å²) in [6, 6.07) is 0. The molecule has 1 unspecified atom stereocenters. The number of carbonyl (C=O) groups is 1. The van der Waals surface area contributed by atoms with Gasteiger partial charge < -0.3 is 15.3 Å². The maximum atomic E-state index is 11.3. The van der Waals surface area contributed by atoms with Crippen LogP contribution in [0.4, 0.5) is 5.13 Å². The Morgan fingerprint density at radius 3 is 2.67 bits per heavy atom. The molecule has 1 heterocycles. The molecule has 0 aliphatic rings. The number of carboxylic acid groups (broad SMARTS) is 1. The van der Waals surface area contributed by atoms with Crippen molar-refractivity contribution in [1.82, 2.24) is 15.5 Å². The van der Waals surface area contributed by atoms with Crippen LogP contribution in [0.3, 0.4) is 0 Å². The number of anilines is 1. The molecule has 0 amide bonds. The molecule has 0 saturated carbocycles. The van der Waals surface area contributed by atoms with Crippen molar-refractivity contribution in [2.24, 2.45) is 0 Å². The maximum absolute atomic E-state index is 11.3. The van der Waals surface area contributed by atoms with E-state index in [1.807, 2.05) is 25.9 Å². The lowest BCUT2D eigenvalue weighted by atomic mass is 9.95. The quantitative estimate of drug-likeness (QED) is 0.503. The van der Waals surface area contributed by atoms with Crippen LogP contribution in [-0.2, 0) is 4.79 Å². The Labute approximate surface area is 134 Å². The molecule has 0 aromatic carbocycles. The zero-order chi connectivity index (χ0) is 15.9. The number of thioether (sulfide) groups is 1. The molecule has 0 saturated heterocycles. The maximum Gasteiger partial charge on any atom is 0.323 e. The summed E-state index contributed by atoms with van der Waals surface area (Å²) in [6.07, 6.45) is 2.48. The van der Waals surface area contributed by atoms with Gasteiger partial charge in [-0.1, -0.05) is 36.4 Å². The summed E-state index contributed by atoms with van der Waals surface area (Å²) in [5.74, 6) is 0.154. The average Bonchev–Trinajstić information content (AvgIpc) is 2.87. The van der Waals surface area contributed by atoms with Crippen molar-refractivity contribution < 1.29 is 9.90 Å². The number of nitrogens with zero attached hydrogens (tertiary/aromatic N) is 3. The van der Waals surface area contributed by atoms with Crippen LogP contribution in [0.1, 0.15) is 33.1 Å². The Hall–Kier alpha value is -0.860. The van der Waals surface area contributed by atoms with Crippen LogP contribution in [0.2, 0.25) is 0 Å². The number of hydrogen-bond donors (Lipinski definition) is 2. The molecule has 0 bridgehead atoms. The molecular formula is C13H24N4O2S2. The van der Waals surface area contributed by atoms with Gasteiger partial charge in [-0.05, 0) is 26.3 Å². The minimum Gasteiger partial charge on any atom is -0.480 e. The van der Waals surface area contributed by atoms with E-state index < -0.39 is 11.5 Å². The second kappa shape index (κ2) is 8.55. The summed E-state index contributed by atoms with van der Waals surface area (Å²) in [5.41, 5.74) is -0.819. The van der Waals surface area contributed by atoms with Crippen molar-refractivity contribution in [3.05, 3.63) is 0 Å². The Balaban J connectivity index is 2.28. The normalized spacial score (nSPS) is 13.9. The number of rotatable bonds is 10.